The van der Waals surface area contributed by atoms with Crippen LogP contribution in [-0.4, -0.2) is 85.4 Å². The quantitative estimate of drug-likeness (QED) is 0.142. The van der Waals surface area contributed by atoms with Gasteiger partial charge in [-0.05, 0) is 86.9 Å². The Morgan fingerprint density at radius 3 is 2.44 bits per heavy atom. The van der Waals surface area contributed by atoms with Crippen LogP contribution >= 0.6 is 0 Å². The maximum atomic E-state index is 16.0. The number of piperidine rings is 1. The number of rotatable bonds is 10. The zero-order valence-electron chi connectivity index (χ0n) is 35.2. The molecule has 61 heavy (non-hydrogen) atoms. The van der Waals surface area contributed by atoms with Crippen molar-refractivity contribution in [3.63, 3.8) is 0 Å². The number of urea groups is 1. The molecule has 3 aliphatic heterocycles. The Hall–Kier alpha value is -6.23. The summed E-state index contributed by atoms with van der Waals surface area (Å²) >= 11 is 0. The molecular formula is C44H51FN12O4. The van der Waals surface area contributed by atoms with Crippen LogP contribution in [0.1, 0.15) is 99.2 Å². The number of hydrogen-bond donors (Lipinski definition) is 3. The number of aromatic nitrogens is 6. The third-order valence-corrected chi connectivity index (χ3v) is 12.6. The SMILES string of the molecule is Cc1c([C@@H](C)NC(=O)c2nc(C(C)(C)C)no2)ccc(-c2cc(Nc3cc4n(n3)CCN(CC3CCN(c5ccc(N6CCC(=O)NC6=O)cc5)CC3)C43CC3)ncn2)c1F. The van der Waals surface area contributed by atoms with E-state index in [1.807, 2.05) is 32.9 Å². The van der Waals surface area contributed by atoms with E-state index >= 15 is 4.39 Å². The molecule has 1 atom stereocenters. The summed E-state index contributed by atoms with van der Waals surface area (Å²) in [6.45, 7) is 14.4. The van der Waals surface area contributed by atoms with Crippen LogP contribution in [0.2, 0.25) is 0 Å². The first-order valence-corrected chi connectivity index (χ1v) is 21.1. The number of amides is 4. The highest BCUT2D eigenvalue weighted by Gasteiger charge is 2.54. The maximum Gasteiger partial charge on any atom is 0.328 e. The van der Waals surface area contributed by atoms with Gasteiger partial charge in [0.15, 0.2) is 11.6 Å². The van der Waals surface area contributed by atoms with Gasteiger partial charge in [0.1, 0.15) is 18.0 Å². The van der Waals surface area contributed by atoms with Gasteiger partial charge in [-0.25, -0.2) is 19.2 Å². The van der Waals surface area contributed by atoms with Crippen LogP contribution in [0.15, 0.2) is 59.4 Å². The van der Waals surface area contributed by atoms with E-state index < -0.39 is 17.8 Å². The first-order chi connectivity index (χ1) is 29.3. The minimum atomic E-state index is -0.530. The third kappa shape index (κ3) is 7.93. The lowest BCUT2D eigenvalue weighted by Crippen LogP contribution is -2.49. The fourth-order valence-electron chi connectivity index (χ4n) is 8.94. The summed E-state index contributed by atoms with van der Waals surface area (Å²) in [5, 5.41) is 17.4. The van der Waals surface area contributed by atoms with Crippen LogP contribution in [0.4, 0.5) is 32.2 Å². The van der Waals surface area contributed by atoms with Crippen LogP contribution in [0.5, 0.6) is 0 Å². The van der Waals surface area contributed by atoms with Crippen molar-refractivity contribution in [2.24, 2.45) is 5.92 Å². The van der Waals surface area contributed by atoms with E-state index in [4.69, 9.17) is 9.62 Å². The maximum absolute atomic E-state index is 16.0. The van der Waals surface area contributed by atoms with Gasteiger partial charge in [-0.15, -0.1) is 0 Å². The second kappa shape index (κ2) is 15.7. The monoisotopic (exact) mass is 830 g/mol. The van der Waals surface area contributed by atoms with E-state index in [2.05, 4.69) is 68.7 Å². The zero-order chi connectivity index (χ0) is 42.6. The fraction of sp³-hybridized carbons (Fsp3) is 0.455. The normalized spacial score (nSPS) is 18.5. The zero-order valence-corrected chi connectivity index (χ0v) is 35.2. The number of anilines is 4. The predicted molar refractivity (Wildman–Crippen MR) is 226 cm³/mol. The summed E-state index contributed by atoms with van der Waals surface area (Å²) in [5.41, 5.74) is 4.52. The van der Waals surface area contributed by atoms with Crippen molar-refractivity contribution in [1.82, 2.24) is 45.4 Å². The van der Waals surface area contributed by atoms with Gasteiger partial charge in [0, 0.05) is 73.6 Å². The molecule has 4 amide bonds. The van der Waals surface area contributed by atoms with Crippen LogP contribution in [-0.2, 0) is 22.3 Å². The van der Waals surface area contributed by atoms with Crippen LogP contribution in [0.25, 0.3) is 11.3 Å². The summed E-state index contributed by atoms with van der Waals surface area (Å²) in [5.74, 6) is 0.874. The molecule has 2 aromatic carbocycles. The van der Waals surface area contributed by atoms with Gasteiger partial charge < -0.3 is 20.1 Å². The van der Waals surface area contributed by atoms with Gasteiger partial charge in [-0.2, -0.15) is 10.1 Å². The molecule has 1 saturated carbocycles. The lowest BCUT2D eigenvalue weighted by molar-refractivity contribution is -0.120. The first-order valence-electron chi connectivity index (χ1n) is 21.1. The molecule has 6 heterocycles. The van der Waals surface area contributed by atoms with E-state index in [1.54, 1.807) is 36.9 Å². The molecule has 17 heteroatoms. The summed E-state index contributed by atoms with van der Waals surface area (Å²) in [7, 11) is 0. The predicted octanol–water partition coefficient (Wildman–Crippen LogP) is 6.37. The van der Waals surface area contributed by atoms with E-state index in [0.717, 1.165) is 69.8 Å². The van der Waals surface area contributed by atoms with Gasteiger partial charge in [0.2, 0.25) is 5.91 Å². The Morgan fingerprint density at radius 2 is 1.74 bits per heavy atom. The van der Waals surface area contributed by atoms with Gasteiger partial charge in [0.25, 0.3) is 0 Å². The molecule has 3 fully saturated rings. The molecule has 0 unspecified atom stereocenters. The van der Waals surface area contributed by atoms with Crippen molar-refractivity contribution < 1.29 is 23.3 Å². The minimum absolute atomic E-state index is 0.0138. The Labute approximate surface area is 353 Å². The summed E-state index contributed by atoms with van der Waals surface area (Å²) < 4.78 is 23.3. The molecule has 318 valence electrons. The molecule has 3 N–H and O–H groups in total. The molecule has 2 saturated heterocycles. The Bertz CT molecular complexity index is 2480. The molecule has 16 nitrogen and oxygen atoms in total. The lowest BCUT2D eigenvalue weighted by atomic mass is 9.94. The van der Waals surface area contributed by atoms with Crippen molar-refractivity contribution in [2.45, 2.75) is 90.3 Å². The van der Waals surface area contributed by atoms with Crippen LogP contribution < -0.4 is 25.8 Å². The molecular weight excluding hydrogens is 780 g/mol. The molecule has 0 radical (unpaired) electrons. The number of carbonyl (C=O) groups excluding carboxylic acids is 3. The number of imide groups is 1. The average molecular weight is 831 g/mol. The Kier molecular flexibility index (Phi) is 10.3. The fourth-order valence-corrected chi connectivity index (χ4v) is 8.94. The highest BCUT2D eigenvalue weighted by atomic mass is 19.1. The molecule has 5 aromatic rings. The first kappa shape index (κ1) is 40.2. The molecule has 0 bridgehead atoms. The minimum Gasteiger partial charge on any atom is -0.372 e. The summed E-state index contributed by atoms with van der Waals surface area (Å²) in [6, 6.07) is 14.5. The molecule has 1 spiro atoms. The second-order valence-electron chi connectivity index (χ2n) is 17.7. The van der Waals surface area contributed by atoms with Crippen molar-refractivity contribution in [3.05, 3.63) is 89.2 Å². The Balaban J connectivity index is 0.812. The molecule has 3 aromatic heterocycles. The molecule has 1 aliphatic carbocycles. The Morgan fingerprint density at radius 1 is 0.984 bits per heavy atom. The highest BCUT2D eigenvalue weighted by molar-refractivity contribution is 6.05. The van der Waals surface area contributed by atoms with Gasteiger partial charge >= 0.3 is 17.8 Å². The highest BCUT2D eigenvalue weighted by Crippen LogP contribution is 2.53. The largest absolute Gasteiger partial charge is 0.372 e. The second-order valence-corrected chi connectivity index (χ2v) is 17.7. The van der Waals surface area contributed by atoms with Gasteiger partial charge in [-0.3, -0.25) is 29.4 Å². The molecule has 9 rings (SSSR count). The summed E-state index contributed by atoms with van der Waals surface area (Å²) in [6.07, 6.45) is 6.11. The average Bonchev–Trinajstić information content (AvgIpc) is 3.63. The standard InChI is InChI=1S/C44H51FN12O4/c1-26-31(27(2)48-39(59)40-51-41(53-61-40)43(3,4)5)10-11-32(38(26)45)33-22-35(47-25-46-33)49-36-23-34-44(15-16-44)55(20-21-57(34)52-36)24-28-12-17-54(18-13-28)29-6-8-30(9-7-29)56-19-14-37(58)50-42(56)60/h6-11,22-23,25,27-28H,12-21,24H2,1-5H3,(H,48,59)(H,50,58,60)(H,46,47,49,52)/t27-/m1/s1. The van der Waals surface area contributed by atoms with Crippen LogP contribution in [0, 0.1) is 18.7 Å². The topological polar surface area (TPSA) is 180 Å². The number of hydrogen-bond acceptors (Lipinski definition) is 12. The van der Waals surface area contributed by atoms with E-state index in [1.165, 1.54) is 12.0 Å². The van der Waals surface area contributed by atoms with Crippen molar-refractivity contribution in [2.75, 3.05) is 47.8 Å². The van der Waals surface area contributed by atoms with E-state index in [9.17, 15) is 14.4 Å². The summed E-state index contributed by atoms with van der Waals surface area (Å²) in [4.78, 5) is 56.5. The van der Waals surface area contributed by atoms with Crippen molar-refractivity contribution in [3.8, 4) is 11.3 Å². The van der Waals surface area contributed by atoms with Crippen molar-refractivity contribution >= 4 is 40.9 Å². The lowest BCUT2D eigenvalue weighted by Gasteiger charge is -2.41. The number of nitrogens with one attached hydrogen (secondary N) is 3. The van der Waals surface area contributed by atoms with Crippen LogP contribution in [0.3, 0.4) is 0 Å². The number of carbonyl (C=O) groups is 3. The van der Waals surface area contributed by atoms with Gasteiger partial charge in [-0.1, -0.05) is 32.0 Å². The van der Waals surface area contributed by atoms with Gasteiger partial charge in [0.05, 0.1) is 29.5 Å². The third-order valence-electron chi connectivity index (χ3n) is 12.6. The van der Waals surface area contributed by atoms with E-state index in [0.29, 0.717) is 58.7 Å². The number of benzene rings is 2. The van der Waals surface area contributed by atoms with Crippen molar-refractivity contribution in [1.29, 1.82) is 0 Å². The van der Waals surface area contributed by atoms with E-state index in [-0.39, 0.29) is 28.8 Å². The smallest absolute Gasteiger partial charge is 0.328 e. The number of halogens is 1. The number of fused-ring (bicyclic) bond motifs is 2. The number of nitrogens with zero attached hydrogens (tertiary/aromatic N) is 9. The molecule has 4 aliphatic rings.